The smallest absolute Gasteiger partial charge is 0.229 e. The molecule has 0 aromatic heterocycles. The number of benzene rings is 1. The Morgan fingerprint density at radius 1 is 1.14 bits per heavy atom. The Kier molecular flexibility index (Phi) is 5.35. The molecule has 116 valence electrons. The minimum Gasteiger partial charge on any atom is -0.494 e. The van der Waals surface area contributed by atoms with E-state index in [0.717, 1.165) is 0 Å². The zero-order valence-electron chi connectivity index (χ0n) is 13.5. The predicted octanol–water partition coefficient (Wildman–Crippen LogP) is 3.27. The third kappa shape index (κ3) is 4.77. The number of methoxy groups -OCH3 is 1. The lowest BCUT2D eigenvalue weighted by Gasteiger charge is -2.19. The average Bonchev–Trinajstić information content (AvgIpc) is 2.38. The number of carbonyl (C=O) groups is 2. The van der Waals surface area contributed by atoms with Gasteiger partial charge in [-0.3, -0.25) is 9.59 Å². The van der Waals surface area contributed by atoms with Crippen molar-refractivity contribution in [2.24, 2.45) is 11.3 Å². The summed E-state index contributed by atoms with van der Waals surface area (Å²) >= 11 is 0. The van der Waals surface area contributed by atoms with Crippen molar-refractivity contribution in [3.05, 3.63) is 18.2 Å². The highest BCUT2D eigenvalue weighted by atomic mass is 16.5. The van der Waals surface area contributed by atoms with Gasteiger partial charge >= 0.3 is 0 Å². The van der Waals surface area contributed by atoms with Crippen LogP contribution in [0.5, 0.6) is 5.75 Å². The molecule has 1 rings (SSSR count). The van der Waals surface area contributed by atoms with E-state index in [1.54, 1.807) is 18.2 Å². The molecule has 2 N–H and O–H groups in total. The second kappa shape index (κ2) is 6.61. The minimum absolute atomic E-state index is 0.0801. The van der Waals surface area contributed by atoms with E-state index in [9.17, 15) is 9.59 Å². The molecule has 0 unspecified atom stereocenters. The zero-order chi connectivity index (χ0) is 16.2. The van der Waals surface area contributed by atoms with Gasteiger partial charge in [-0.2, -0.15) is 0 Å². The van der Waals surface area contributed by atoms with Crippen molar-refractivity contribution in [2.45, 2.75) is 34.6 Å². The van der Waals surface area contributed by atoms with E-state index >= 15 is 0 Å². The predicted molar refractivity (Wildman–Crippen MR) is 84.5 cm³/mol. The lowest BCUT2D eigenvalue weighted by atomic mass is 9.95. The highest BCUT2D eigenvalue weighted by Gasteiger charge is 2.21. The maximum absolute atomic E-state index is 12.0. The number of amides is 2. The molecule has 0 aliphatic rings. The summed E-state index contributed by atoms with van der Waals surface area (Å²) in [5.41, 5.74) is 0.747. The van der Waals surface area contributed by atoms with Crippen LogP contribution in [0.15, 0.2) is 18.2 Å². The van der Waals surface area contributed by atoms with Gasteiger partial charge in [0.1, 0.15) is 5.75 Å². The van der Waals surface area contributed by atoms with Crippen molar-refractivity contribution < 1.29 is 14.3 Å². The van der Waals surface area contributed by atoms with Gasteiger partial charge in [0.2, 0.25) is 11.8 Å². The first-order valence-electron chi connectivity index (χ1n) is 6.95. The molecule has 0 saturated heterocycles. The van der Waals surface area contributed by atoms with E-state index < -0.39 is 5.41 Å². The molecule has 0 fully saturated rings. The van der Waals surface area contributed by atoms with E-state index in [2.05, 4.69) is 10.6 Å². The number of carbonyl (C=O) groups excluding carboxylic acids is 2. The monoisotopic (exact) mass is 292 g/mol. The van der Waals surface area contributed by atoms with Crippen molar-refractivity contribution in [2.75, 3.05) is 17.7 Å². The number of hydrogen-bond acceptors (Lipinski definition) is 3. The highest BCUT2D eigenvalue weighted by Crippen LogP contribution is 2.29. The van der Waals surface area contributed by atoms with Gasteiger partial charge in [-0.05, 0) is 12.1 Å². The maximum atomic E-state index is 12.0. The molecule has 0 atom stereocenters. The molecule has 5 heteroatoms. The highest BCUT2D eigenvalue weighted by molar-refractivity contribution is 5.96. The van der Waals surface area contributed by atoms with Crippen LogP contribution in [0.1, 0.15) is 34.6 Å². The Labute approximate surface area is 126 Å². The van der Waals surface area contributed by atoms with Gasteiger partial charge in [0.05, 0.1) is 12.8 Å². The van der Waals surface area contributed by atoms with Crippen LogP contribution in [0.25, 0.3) is 0 Å². The van der Waals surface area contributed by atoms with Crippen molar-refractivity contribution in [3.8, 4) is 5.75 Å². The third-order valence-corrected chi connectivity index (χ3v) is 2.92. The molecular weight excluding hydrogens is 268 g/mol. The van der Waals surface area contributed by atoms with Crippen LogP contribution in [0.4, 0.5) is 11.4 Å². The molecule has 0 saturated carbocycles. The van der Waals surface area contributed by atoms with E-state index in [-0.39, 0.29) is 17.7 Å². The summed E-state index contributed by atoms with van der Waals surface area (Å²) in [6.45, 7) is 9.17. The van der Waals surface area contributed by atoms with Gasteiger partial charge in [0.25, 0.3) is 0 Å². The molecule has 5 nitrogen and oxygen atoms in total. The number of rotatable bonds is 4. The molecule has 0 heterocycles. The molecule has 0 bridgehead atoms. The molecule has 0 spiro atoms. The number of anilines is 2. The summed E-state index contributed by atoms with van der Waals surface area (Å²) in [6, 6.07) is 5.15. The Bertz CT molecular complexity index is 531. The largest absolute Gasteiger partial charge is 0.494 e. The normalized spacial score (nSPS) is 11.2. The first-order chi connectivity index (χ1) is 9.65. The number of hydrogen-bond donors (Lipinski definition) is 2. The quantitative estimate of drug-likeness (QED) is 0.895. The van der Waals surface area contributed by atoms with Crippen molar-refractivity contribution in [1.82, 2.24) is 0 Å². The summed E-state index contributed by atoms with van der Waals surface area (Å²) in [5.74, 6) is 0.231. The van der Waals surface area contributed by atoms with Crippen LogP contribution in [-0.4, -0.2) is 18.9 Å². The molecule has 0 aliphatic carbocycles. The third-order valence-electron chi connectivity index (χ3n) is 2.92. The van der Waals surface area contributed by atoms with Crippen molar-refractivity contribution in [3.63, 3.8) is 0 Å². The molecule has 1 aromatic rings. The second-order valence-corrected chi connectivity index (χ2v) is 6.26. The Morgan fingerprint density at radius 2 is 1.76 bits per heavy atom. The lowest BCUT2D eigenvalue weighted by Crippen LogP contribution is -2.27. The molecule has 0 radical (unpaired) electrons. The van der Waals surface area contributed by atoms with Crippen LogP contribution >= 0.6 is 0 Å². The minimum atomic E-state index is -0.474. The van der Waals surface area contributed by atoms with Crippen molar-refractivity contribution in [1.29, 1.82) is 0 Å². The maximum Gasteiger partial charge on any atom is 0.229 e. The summed E-state index contributed by atoms with van der Waals surface area (Å²) in [4.78, 5) is 23.7. The van der Waals surface area contributed by atoms with Gasteiger partial charge in [0.15, 0.2) is 0 Å². The summed E-state index contributed by atoms with van der Waals surface area (Å²) in [7, 11) is 1.52. The van der Waals surface area contributed by atoms with Gasteiger partial charge in [0, 0.05) is 23.1 Å². The first-order valence-corrected chi connectivity index (χ1v) is 6.95. The zero-order valence-corrected chi connectivity index (χ0v) is 13.5. The fourth-order valence-corrected chi connectivity index (χ4v) is 1.47. The van der Waals surface area contributed by atoms with Gasteiger partial charge < -0.3 is 15.4 Å². The van der Waals surface area contributed by atoms with E-state index in [0.29, 0.717) is 17.1 Å². The summed E-state index contributed by atoms with van der Waals surface area (Å²) in [6.07, 6.45) is 0. The lowest BCUT2D eigenvalue weighted by molar-refractivity contribution is -0.123. The standard InChI is InChI=1S/C16H24N2O3/c1-10(2)14(19)18-12-8-7-11(9-13(12)21-6)17-15(20)16(3,4)5/h7-10H,1-6H3,(H,17,20)(H,18,19). The fourth-order valence-electron chi connectivity index (χ4n) is 1.47. The Hall–Kier alpha value is -2.04. The van der Waals surface area contributed by atoms with Crippen LogP contribution in [-0.2, 0) is 9.59 Å². The van der Waals surface area contributed by atoms with Gasteiger partial charge in [-0.15, -0.1) is 0 Å². The molecular formula is C16H24N2O3. The van der Waals surface area contributed by atoms with Gasteiger partial charge in [-0.25, -0.2) is 0 Å². The van der Waals surface area contributed by atoms with Crippen LogP contribution < -0.4 is 15.4 Å². The number of nitrogens with one attached hydrogen (secondary N) is 2. The average molecular weight is 292 g/mol. The fraction of sp³-hybridized carbons (Fsp3) is 0.500. The van der Waals surface area contributed by atoms with Crippen LogP contribution in [0, 0.1) is 11.3 Å². The molecule has 1 aromatic carbocycles. The molecule has 2 amide bonds. The van der Waals surface area contributed by atoms with Crippen LogP contribution in [0.2, 0.25) is 0 Å². The Balaban J connectivity index is 2.94. The second-order valence-electron chi connectivity index (χ2n) is 6.26. The molecule has 0 aliphatic heterocycles. The first kappa shape index (κ1) is 17.0. The van der Waals surface area contributed by atoms with E-state index in [1.165, 1.54) is 7.11 Å². The van der Waals surface area contributed by atoms with Crippen LogP contribution in [0.3, 0.4) is 0 Å². The summed E-state index contributed by atoms with van der Waals surface area (Å²) < 4.78 is 5.27. The van der Waals surface area contributed by atoms with E-state index in [1.807, 2.05) is 34.6 Å². The SMILES string of the molecule is COc1cc(NC(=O)C(C)(C)C)ccc1NC(=O)C(C)C. The Morgan fingerprint density at radius 3 is 2.24 bits per heavy atom. The van der Waals surface area contributed by atoms with Crippen molar-refractivity contribution >= 4 is 23.2 Å². The number of ether oxygens (including phenoxy) is 1. The summed E-state index contributed by atoms with van der Waals surface area (Å²) in [5, 5.41) is 5.62. The molecule has 21 heavy (non-hydrogen) atoms. The van der Waals surface area contributed by atoms with Gasteiger partial charge in [-0.1, -0.05) is 34.6 Å². The van der Waals surface area contributed by atoms with E-state index in [4.69, 9.17) is 4.74 Å². The topological polar surface area (TPSA) is 67.4 Å².